The van der Waals surface area contributed by atoms with Gasteiger partial charge in [-0.1, -0.05) is 17.7 Å². The summed E-state index contributed by atoms with van der Waals surface area (Å²) in [4.78, 5) is 11.8. The number of benzene rings is 1. The molecule has 0 aliphatic carbocycles. The number of nitrogens with zero attached hydrogens (tertiary/aromatic N) is 1. The van der Waals surface area contributed by atoms with Gasteiger partial charge in [0.1, 0.15) is 5.82 Å². The summed E-state index contributed by atoms with van der Waals surface area (Å²) in [6.07, 6.45) is 0. The number of rotatable bonds is 2. The van der Waals surface area contributed by atoms with Crippen LogP contribution >= 0.6 is 11.6 Å². The lowest BCUT2D eigenvalue weighted by Gasteiger charge is -2.27. The molecule has 16 heavy (non-hydrogen) atoms. The average molecular weight is 245 g/mol. The first kappa shape index (κ1) is 12.9. The number of hydrogen-bond donors (Lipinski definition) is 1. The second-order valence-electron chi connectivity index (χ2n) is 4.17. The number of hydrazine groups is 1. The Morgan fingerprint density at radius 1 is 1.50 bits per heavy atom. The highest BCUT2D eigenvalue weighted by molar-refractivity contribution is 6.30. The molecule has 0 aliphatic heterocycles. The zero-order valence-corrected chi connectivity index (χ0v) is 10.2. The number of nitrogens with two attached hydrogens (primary N) is 1. The van der Waals surface area contributed by atoms with E-state index in [4.69, 9.17) is 17.4 Å². The van der Waals surface area contributed by atoms with Crippen LogP contribution in [-0.4, -0.2) is 18.0 Å². The minimum Gasteiger partial charge on any atom is -0.283 e. The van der Waals surface area contributed by atoms with Gasteiger partial charge < -0.3 is 0 Å². The van der Waals surface area contributed by atoms with Crippen molar-refractivity contribution in [2.45, 2.75) is 19.3 Å². The van der Waals surface area contributed by atoms with Crippen LogP contribution in [-0.2, 0) is 10.2 Å². The van der Waals surface area contributed by atoms with E-state index in [9.17, 15) is 9.18 Å². The molecule has 0 bridgehead atoms. The molecule has 1 rings (SSSR count). The summed E-state index contributed by atoms with van der Waals surface area (Å²) < 4.78 is 13.0. The highest BCUT2D eigenvalue weighted by Crippen LogP contribution is 2.28. The fraction of sp³-hybridized carbons (Fsp3) is 0.364. The van der Waals surface area contributed by atoms with Crippen LogP contribution in [0.1, 0.15) is 19.4 Å². The van der Waals surface area contributed by atoms with Crippen molar-refractivity contribution >= 4 is 17.5 Å². The van der Waals surface area contributed by atoms with Crippen LogP contribution in [0.15, 0.2) is 18.2 Å². The van der Waals surface area contributed by atoms with Gasteiger partial charge in [0.25, 0.3) is 0 Å². The first-order chi connectivity index (χ1) is 7.26. The van der Waals surface area contributed by atoms with Crippen LogP contribution in [0.5, 0.6) is 0 Å². The third-order valence-electron chi connectivity index (χ3n) is 2.50. The monoisotopic (exact) mass is 244 g/mol. The fourth-order valence-corrected chi connectivity index (χ4v) is 1.63. The van der Waals surface area contributed by atoms with Gasteiger partial charge in [0.2, 0.25) is 5.91 Å². The van der Waals surface area contributed by atoms with Gasteiger partial charge in [-0.15, -0.1) is 0 Å². The maximum atomic E-state index is 13.0. The lowest BCUT2D eigenvalue weighted by Crippen LogP contribution is -2.44. The van der Waals surface area contributed by atoms with Crippen molar-refractivity contribution in [2.24, 2.45) is 5.84 Å². The molecule has 0 spiro atoms. The van der Waals surface area contributed by atoms with Crippen molar-refractivity contribution in [2.75, 3.05) is 7.05 Å². The smallest absolute Gasteiger partial charge is 0.246 e. The molecule has 2 N–H and O–H groups in total. The number of amides is 1. The third kappa shape index (κ3) is 2.33. The summed E-state index contributed by atoms with van der Waals surface area (Å²) in [6.45, 7) is 3.42. The second kappa shape index (κ2) is 4.39. The van der Waals surface area contributed by atoms with Gasteiger partial charge in [-0.05, 0) is 31.5 Å². The van der Waals surface area contributed by atoms with E-state index in [1.807, 2.05) is 0 Å². The molecule has 0 radical (unpaired) electrons. The molecule has 0 saturated heterocycles. The molecule has 0 saturated carbocycles. The predicted octanol–water partition coefficient (Wildman–Crippen LogP) is 2.09. The summed E-state index contributed by atoms with van der Waals surface area (Å²) >= 11 is 5.67. The summed E-state index contributed by atoms with van der Waals surface area (Å²) in [6, 6.07) is 4.21. The largest absolute Gasteiger partial charge is 0.283 e. The van der Waals surface area contributed by atoms with Crippen LogP contribution in [0, 0.1) is 5.82 Å². The highest BCUT2D eigenvalue weighted by atomic mass is 35.5. The topological polar surface area (TPSA) is 46.3 Å². The summed E-state index contributed by atoms with van der Waals surface area (Å²) in [5.41, 5.74) is -0.206. The Balaban J connectivity index is 3.16. The highest BCUT2D eigenvalue weighted by Gasteiger charge is 2.32. The predicted molar refractivity (Wildman–Crippen MR) is 61.4 cm³/mol. The van der Waals surface area contributed by atoms with E-state index in [0.29, 0.717) is 5.56 Å². The molecule has 0 aliphatic rings. The SMILES string of the molecule is CN(N)C(=O)C(C)(C)c1ccc(F)c(Cl)c1. The van der Waals surface area contributed by atoms with E-state index in [0.717, 1.165) is 5.01 Å². The van der Waals surface area contributed by atoms with Gasteiger partial charge in [0.15, 0.2) is 0 Å². The van der Waals surface area contributed by atoms with Gasteiger partial charge in [-0.3, -0.25) is 9.80 Å². The third-order valence-corrected chi connectivity index (χ3v) is 2.79. The molecule has 1 aromatic rings. The van der Waals surface area contributed by atoms with Crippen molar-refractivity contribution in [3.8, 4) is 0 Å². The van der Waals surface area contributed by atoms with Crippen molar-refractivity contribution in [3.05, 3.63) is 34.6 Å². The van der Waals surface area contributed by atoms with Crippen LogP contribution in [0.2, 0.25) is 5.02 Å². The summed E-state index contributed by atoms with van der Waals surface area (Å²) in [7, 11) is 1.47. The normalized spacial score (nSPS) is 11.4. The molecule has 3 nitrogen and oxygen atoms in total. The summed E-state index contributed by atoms with van der Waals surface area (Å²) in [5, 5.41) is 1.01. The zero-order valence-electron chi connectivity index (χ0n) is 9.42. The molecule has 0 unspecified atom stereocenters. The van der Waals surface area contributed by atoms with Crippen molar-refractivity contribution in [3.63, 3.8) is 0 Å². The first-order valence-corrected chi connectivity index (χ1v) is 5.13. The van der Waals surface area contributed by atoms with Gasteiger partial charge in [-0.25, -0.2) is 10.2 Å². The van der Waals surface area contributed by atoms with Gasteiger partial charge >= 0.3 is 0 Å². The minimum absolute atomic E-state index is 0.00181. The van der Waals surface area contributed by atoms with Crippen molar-refractivity contribution < 1.29 is 9.18 Å². The number of hydrogen-bond acceptors (Lipinski definition) is 2. The standard InChI is InChI=1S/C11H14ClFN2O/c1-11(2,10(16)15(3)14)7-4-5-9(13)8(12)6-7/h4-6H,14H2,1-3H3. The van der Waals surface area contributed by atoms with E-state index in [1.165, 1.54) is 25.2 Å². The van der Waals surface area contributed by atoms with E-state index in [1.54, 1.807) is 13.8 Å². The number of likely N-dealkylation sites (N-methyl/N-ethyl adjacent to an activating group) is 1. The lowest BCUT2D eigenvalue weighted by atomic mass is 9.83. The first-order valence-electron chi connectivity index (χ1n) is 4.75. The van der Waals surface area contributed by atoms with E-state index in [2.05, 4.69) is 0 Å². The number of halogens is 2. The Bertz CT molecular complexity index is 418. The molecular formula is C11H14ClFN2O. The van der Waals surface area contributed by atoms with E-state index in [-0.39, 0.29) is 10.9 Å². The van der Waals surface area contributed by atoms with E-state index < -0.39 is 11.2 Å². The molecule has 0 atom stereocenters. The van der Waals surface area contributed by atoms with Crippen molar-refractivity contribution in [1.29, 1.82) is 0 Å². The molecule has 0 fully saturated rings. The molecular weight excluding hydrogens is 231 g/mol. The quantitative estimate of drug-likeness (QED) is 0.492. The average Bonchev–Trinajstić information content (AvgIpc) is 2.20. The van der Waals surface area contributed by atoms with Crippen molar-refractivity contribution in [1.82, 2.24) is 5.01 Å². The Hall–Kier alpha value is -1.13. The lowest BCUT2D eigenvalue weighted by molar-refractivity contribution is -0.135. The van der Waals surface area contributed by atoms with Crippen LogP contribution in [0.4, 0.5) is 4.39 Å². The Morgan fingerprint density at radius 2 is 2.06 bits per heavy atom. The second-order valence-corrected chi connectivity index (χ2v) is 4.58. The molecule has 88 valence electrons. The Morgan fingerprint density at radius 3 is 2.50 bits per heavy atom. The van der Waals surface area contributed by atoms with Crippen LogP contribution < -0.4 is 5.84 Å². The number of carbonyl (C=O) groups is 1. The summed E-state index contributed by atoms with van der Waals surface area (Å²) in [5.74, 6) is 4.63. The van der Waals surface area contributed by atoms with Crippen LogP contribution in [0.3, 0.4) is 0 Å². The fourth-order valence-electron chi connectivity index (χ4n) is 1.45. The molecule has 1 amide bonds. The maximum absolute atomic E-state index is 13.0. The molecule has 0 heterocycles. The Labute approximate surface area is 99.0 Å². The Kier molecular flexibility index (Phi) is 3.55. The molecule has 1 aromatic carbocycles. The molecule has 0 aromatic heterocycles. The zero-order chi connectivity index (χ0) is 12.5. The van der Waals surface area contributed by atoms with E-state index >= 15 is 0 Å². The minimum atomic E-state index is -0.832. The number of carbonyl (C=O) groups excluding carboxylic acids is 1. The van der Waals surface area contributed by atoms with Gasteiger partial charge in [-0.2, -0.15) is 0 Å². The van der Waals surface area contributed by atoms with Crippen LogP contribution in [0.25, 0.3) is 0 Å². The maximum Gasteiger partial charge on any atom is 0.246 e. The molecule has 5 heteroatoms. The van der Waals surface area contributed by atoms with Gasteiger partial charge in [0.05, 0.1) is 10.4 Å². The van der Waals surface area contributed by atoms with Gasteiger partial charge in [0, 0.05) is 7.05 Å².